The molecule has 0 radical (unpaired) electrons. The smallest absolute Gasteiger partial charge is 0.122 e. The number of hydrogen-bond donors (Lipinski definition) is 1. The van der Waals surface area contributed by atoms with E-state index in [4.69, 9.17) is 9.47 Å². The summed E-state index contributed by atoms with van der Waals surface area (Å²) in [4.78, 5) is 0. The molecule has 1 N–H and O–H groups in total. The van der Waals surface area contributed by atoms with Gasteiger partial charge in [-0.1, -0.05) is 17.7 Å². The molecule has 3 heteroatoms. The van der Waals surface area contributed by atoms with E-state index in [2.05, 4.69) is 13.0 Å². The van der Waals surface area contributed by atoms with E-state index in [0.29, 0.717) is 13.2 Å². The standard InChI is InChI=1S/C14H20O3/c1-10-3-4-14(11(2)7-10)17-9-13(15)12-5-6-16-8-12/h3-4,7,12-13,15H,5-6,8-9H2,1-2H3. The molecule has 3 nitrogen and oxygen atoms in total. The Labute approximate surface area is 102 Å². The maximum Gasteiger partial charge on any atom is 0.122 e. The first kappa shape index (κ1) is 12.4. The van der Waals surface area contributed by atoms with Gasteiger partial charge in [0.2, 0.25) is 0 Å². The summed E-state index contributed by atoms with van der Waals surface area (Å²) in [5.74, 6) is 1.08. The first-order valence-corrected chi connectivity index (χ1v) is 6.12. The van der Waals surface area contributed by atoms with Gasteiger partial charge >= 0.3 is 0 Å². The molecule has 1 heterocycles. The average Bonchev–Trinajstić information content (AvgIpc) is 2.81. The fourth-order valence-corrected chi connectivity index (χ4v) is 2.13. The van der Waals surface area contributed by atoms with Crippen molar-refractivity contribution in [2.45, 2.75) is 26.4 Å². The van der Waals surface area contributed by atoms with Gasteiger partial charge in [0.25, 0.3) is 0 Å². The van der Waals surface area contributed by atoms with E-state index in [1.165, 1.54) is 5.56 Å². The Hall–Kier alpha value is -1.06. The minimum atomic E-state index is -0.432. The van der Waals surface area contributed by atoms with Gasteiger partial charge in [0.05, 0.1) is 12.7 Å². The van der Waals surface area contributed by atoms with Gasteiger partial charge in [0.15, 0.2) is 0 Å². The molecule has 1 saturated heterocycles. The maximum absolute atomic E-state index is 9.95. The van der Waals surface area contributed by atoms with Crippen LogP contribution < -0.4 is 4.74 Å². The van der Waals surface area contributed by atoms with Gasteiger partial charge in [0, 0.05) is 12.5 Å². The molecule has 1 aliphatic heterocycles. The summed E-state index contributed by atoms with van der Waals surface area (Å²) in [6.07, 6.45) is 0.496. The van der Waals surface area contributed by atoms with Crippen LogP contribution in [0.25, 0.3) is 0 Å². The van der Waals surface area contributed by atoms with E-state index >= 15 is 0 Å². The Kier molecular flexibility index (Phi) is 4.02. The van der Waals surface area contributed by atoms with Crippen LogP contribution in [-0.4, -0.2) is 31.0 Å². The van der Waals surface area contributed by atoms with E-state index < -0.39 is 6.10 Å². The van der Waals surface area contributed by atoms with Crippen molar-refractivity contribution in [3.63, 3.8) is 0 Å². The number of aliphatic hydroxyl groups excluding tert-OH is 1. The summed E-state index contributed by atoms with van der Waals surface area (Å²) < 4.78 is 10.9. The predicted molar refractivity (Wildman–Crippen MR) is 66.3 cm³/mol. The minimum absolute atomic E-state index is 0.223. The molecule has 0 bridgehead atoms. The third-order valence-electron chi connectivity index (χ3n) is 3.25. The normalized spacial score (nSPS) is 21.5. The van der Waals surface area contributed by atoms with Crippen LogP contribution in [0.4, 0.5) is 0 Å². The molecule has 1 fully saturated rings. The fraction of sp³-hybridized carbons (Fsp3) is 0.571. The minimum Gasteiger partial charge on any atom is -0.491 e. The zero-order valence-electron chi connectivity index (χ0n) is 10.5. The van der Waals surface area contributed by atoms with Crippen molar-refractivity contribution in [1.29, 1.82) is 0 Å². The van der Waals surface area contributed by atoms with Crippen LogP contribution in [0.15, 0.2) is 18.2 Å². The molecule has 2 rings (SSSR count). The highest BCUT2D eigenvalue weighted by Gasteiger charge is 2.24. The highest BCUT2D eigenvalue weighted by atomic mass is 16.5. The van der Waals surface area contributed by atoms with E-state index in [9.17, 15) is 5.11 Å². The summed E-state index contributed by atoms with van der Waals surface area (Å²) in [5.41, 5.74) is 2.33. The van der Waals surface area contributed by atoms with Gasteiger partial charge in [-0.05, 0) is 31.9 Å². The number of ether oxygens (including phenoxy) is 2. The first-order chi connectivity index (χ1) is 8.16. The number of hydrogen-bond acceptors (Lipinski definition) is 3. The lowest BCUT2D eigenvalue weighted by atomic mass is 10.0. The topological polar surface area (TPSA) is 38.7 Å². The zero-order valence-corrected chi connectivity index (χ0v) is 10.5. The van der Waals surface area contributed by atoms with Gasteiger partial charge < -0.3 is 14.6 Å². The molecule has 0 aromatic heterocycles. The Bertz CT molecular complexity index is 370. The molecule has 2 unspecified atom stereocenters. The molecule has 0 saturated carbocycles. The van der Waals surface area contributed by atoms with E-state index in [1.807, 2.05) is 19.1 Å². The van der Waals surface area contributed by atoms with Crippen LogP contribution in [0, 0.1) is 19.8 Å². The molecule has 17 heavy (non-hydrogen) atoms. The second kappa shape index (κ2) is 5.52. The third-order valence-corrected chi connectivity index (χ3v) is 3.25. The number of benzene rings is 1. The van der Waals surface area contributed by atoms with Crippen LogP contribution >= 0.6 is 0 Å². The molecule has 94 valence electrons. The molecule has 0 spiro atoms. The summed E-state index contributed by atoms with van der Waals surface area (Å²) in [6.45, 7) is 5.83. The van der Waals surface area contributed by atoms with Gasteiger partial charge in [-0.15, -0.1) is 0 Å². The molecular weight excluding hydrogens is 216 g/mol. The van der Waals surface area contributed by atoms with E-state index in [-0.39, 0.29) is 5.92 Å². The Balaban J connectivity index is 1.88. The Morgan fingerprint density at radius 3 is 2.94 bits per heavy atom. The van der Waals surface area contributed by atoms with Crippen LogP contribution in [0.5, 0.6) is 5.75 Å². The predicted octanol–water partition coefficient (Wildman–Crippen LogP) is 2.08. The third kappa shape index (κ3) is 3.20. The highest BCUT2D eigenvalue weighted by molar-refractivity contribution is 5.35. The summed E-state index contributed by atoms with van der Waals surface area (Å²) in [7, 11) is 0. The summed E-state index contributed by atoms with van der Waals surface area (Å²) in [5, 5.41) is 9.95. The molecule has 1 aliphatic rings. The molecule has 0 aliphatic carbocycles. The van der Waals surface area contributed by atoms with Crippen molar-refractivity contribution < 1.29 is 14.6 Å². The second-order valence-electron chi connectivity index (χ2n) is 4.77. The van der Waals surface area contributed by atoms with Crippen molar-refractivity contribution in [3.8, 4) is 5.75 Å². The second-order valence-corrected chi connectivity index (χ2v) is 4.77. The molecular formula is C14H20O3. The number of aliphatic hydroxyl groups is 1. The van der Waals surface area contributed by atoms with Gasteiger partial charge in [-0.3, -0.25) is 0 Å². The van der Waals surface area contributed by atoms with Crippen LogP contribution in [-0.2, 0) is 4.74 Å². The van der Waals surface area contributed by atoms with E-state index in [1.54, 1.807) is 0 Å². The van der Waals surface area contributed by atoms with Crippen molar-refractivity contribution in [1.82, 2.24) is 0 Å². The monoisotopic (exact) mass is 236 g/mol. The summed E-state index contributed by atoms with van der Waals surface area (Å²) in [6, 6.07) is 6.07. The summed E-state index contributed by atoms with van der Waals surface area (Å²) >= 11 is 0. The number of rotatable bonds is 4. The van der Waals surface area contributed by atoms with Gasteiger partial charge in [-0.2, -0.15) is 0 Å². The Morgan fingerprint density at radius 2 is 2.29 bits per heavy atom. The van der Waals surface area contributed by atoms with Crippen LogP contribution in [0.3, 0.4) is 0 Å². The largest absolute Gasteiger partial charge is 0.491 e. The first-order valence-electron chi connectivity index (χ1n) is 6.12. The lowest BCUT2D eigenvalue weighted by Crippen LogP contribution is -2.27. The van der Waals surface area contributed by atoms with Gasteiger partial charge in [0.1, 0.15) is 12.4 Å². The lowest BCUT2D eigenvalue weighted by Gasteiger charge is -2.18. The molecule has 2 atom stereocenters. The maximum atomic E-state index is 9.95. The van der Waals surface area contributed by atoms with Crippen LogP contribution in [0.1, 0.15) is 17.5 Å². The van der Waals surface area contributed by atoms with Crippen LogP contribution in [0.2, 0.25) is 0 Å². The molecule has 1 aromatic rings. The lowest BCUT2D eigenvalue weighted by molar-refractivity contribution is 0.0497. The van der Waals surface area contributed by atoms with Crippen molar-refractivity contribution >= 4 is 0 Å². The quantitative estimate of drug-likeness (QED) is 0.870. The molecule has 0 amide bonds. The SMILES string of the molecule is Cc1ccc(OCC(O)C2CCOC2)c(C)c1. The van der Waals surface area contributed by atoms with E-state index in [0.717, 1.165) is 24.3 Å². The Morgan fingerprint density at radius 1 is 1.47 bits per heavy atom. The zero-order chi connectivity index (χ0) is 12.3. The van der Waals surface area contributed by atoms with Crippen molar-refractivity contribution in [2.24, 2.45) is 5.92 Å². The van der Waals surface area contributed by atoms with Crippen molar-refractivity contribution in [3.05, 3.63) is 29.3 Å². The average molecular weight is 236 g/mol. The fourth-order valence-electron chi connectivity index (χ4n) is 2.13. The number of aryl methyl sites for hydroxylation is 2. The molecule has 1 aromatic carbocycles. The van der Waals surface area contributed by atoms with Gasteiger partial charge in [-0.25, -0.2) is 0 Å². The van der Waals surface area contributed by atoms with Crippen molar-refractivity contribution in [2.75, 3.05) is 19.8 Å². The highest BCUT2D eigenvalue weighted by Crippen LogP contribution is 2.21.